The van der Waals surface area contributed by atoms with E-state index in [0.29, 0.717) is 49.0 Å². The lowest BCUT2D eigenvalue weighted by atomic mass is 9.90. The van der Waals surface area contributed by atoms with E-state index in [9.17, 15) is 43.1 Å². The minimum atomic E-state index is -5.12. The molecule has 0 radical (unpaired) electrons. The lowest BCUT2D eigenvalue weighted by Crippen LogP contribution is -2.48. The molecule has 8 N–H and O–H groups in total. The fourth-order valence-corrected chi connectivity index (χ4v) is 7.88. The SMILES string of the molecule is CC(=O)NC(Cc1ccc(P(=O)(O)O)c(P(=O)(O)O)c1)C(=O)NC1CCCOc2cc(OCC3CCCCC3)c(C(N)=O)cc21. The molecule has 14 nitrogen and oxygen atoms in total. The van der Waals surface area contributed by atoms with Gasteiger partial charge in [0, 0.05) is 25.0 Å². The normalized spacial score (nSPS) is 18.1. The van der Waals surface area contributed by atoms with Crippen molar-refractivity contribution in [1.29, 1.82) is 0 Å². The lowest BCUT2D eigenvalue weighted by Gasteiger charge is -2.25. The van der Waals surface area contributed by atoms with Crippen LogP contribution in [0, 0.1) is 5.92 Å². The van der Waals surface area contributed by atoms with Crippen molar-refractivity contribution in [3.8, 4) is 11.5 Å². The van der Waals surface area contributed by atoms with Crippen LogP contribution in [0.25, 0.3) is 0 Å². The minimum Gasteiger partial charge on any atom is -0.493 e. The highest BCUT2D eigenvalue weighted by Gasteiger charge is 2.33. The number of benzene rings is 2. The second-order valence-corrected chi connectivity index (χ2v) is 14.6. The van der Waals surface area contributed by atoms with Gasteiger partial charge in [0.15, 0.2) is 0 Å². The smallest absolute Gasteiger partial charge is 0.357 e. The first-order valence-electron chi connectivity index (χ1n) is 14.7. The molecule has 0 spiro atoms. The molecule has 2 aromatic carbocycles. The zero-order chi connectivity index (χ0) is 32.9. The Hall–Kier alpha value is -3.25. The average Bonchev–Trinajstić information content (AvgIpc) is 3.15. The predicted molar refractivity (Wildman–Crippen MR) is 164 cm³/mol. The molecule has 45 heavy (non-hydrogen) atoms. The first kappa shape index (κ1) is 34.6. The van der Waals surface area contributed by atoms with Crippen LogP contribution in [0.2, 0.25) is 0 Å². The Morgan fingerprint density at radius 1 is 0.978 bits per heavy atom. The summed E-state index contributed by atoms with van der Waals surface area (Å²) in [4.78, 5) is 76.6. The average molecular weight is 668 g/mol. The van der Waals surface area contributed by atoms with E-state index < -0.39 is 55.6 Å². The number of ether oxygens (including phenoxy) is 2. The highest BCUT2D eigenvalue weighted by Crippen LogP contribution is 2.41. The topological polar surface area (TPSA) is 235 Å². The molecule has 0 saturated heterocycles. The third-order valence-corrected chi connectivity index (χ3v) is 10.2. The van der Waals surface area contributed by atoms with Crippen LogP contribution in [0.3, 0.4) is 0 Å². The summed E-state index contributed by atoms with van der Waals surface area (Å²) in [7, 11) is -10.1. The van der Waals surface area contributed by atoms with Crippen LogP contribution in [0.1, 0.15) is 79.4 Å². The van der Waals surface area contributed by atoms with Crippen LogP contribution >= 0.6 is 15.2 Å². The molecule has 3 amide bonds. The van der Waals surface area contributed by atoms with Gasteiger partial charge in [0.2, 0.25) is 11.8 Å². The van der Waals surface area contributed by atoms with Crippen molar-refractivity contribution in [3.05, 3.63) is 47.0 Å². The van der Waals surface area contributed by atoms with Gasteiger partial charge in [0.1, 0.15) is 17.5 Å². The van der Waals surface area contributed by atoms with Crippen molar-refractivity contribution < 1.29 is 52.6 Å². The van der Waals surface area contributed by atoms with Gasteiger partial charge in [-0.25, -0.2) is 0 Å². The molecule has 1 fully saturated rings. The molecule has 246 valence electrons. The number of amides is 3. The first-order chi connectivity index (χ1) is 21.1. The van der Waals surface area contributed by atoms with Crippen molar-refractivity contribution in [2.45, 2.75) is 70.4 Å². The highest BCUT2D eigenvalue weighted by molar-refractivity contribution is 7.67. The summed E-state index contributed by atoms with van der Waals surface area (Å²) in [6.45, 7) is 1.97. The van der Waals surface area contributed by atoms with E-state index in [4.69, 9.17) is 15.2 Å². The number of hydrogen-bond acceptors (Lipinski definition) is 7. The van der Waals surface area contributed by atoms with Gasteiger partial charge in [-0.15, -0.1) is 0 Å². The molecule has 0 aromatic heterocycles. The third-order valence-electron chi connectivity index (χ3n) is 7.96. The van der Waals surface area contributed by atoms with Crippen molar-refractivity contribution in [2.24, 2.45) is 11.7 Å². The van der Waals surface area contributed by atoms with E-state index in [0.717, 1.165) is 37.8 Å². The summed E-state index contributed by atoms with van der Waals surface area (Å²) in [5.41, 5.74) is 6.49. The largest absolute Gasteiger partial charge is 0.493 e. The van der Waals surface area contributed by atoms with Gasteiger partial charge in [-0.1, -0.05) is 25.3 Å². The van der Waals surface area contributed by atoms with Crippen LogP contribution in [0.4, 0.5) is 0 Å². The van der Waals surface area contributed by atoms with E-state index in [1.807, 2.05) is 0 Å². The van der Waals surface area contributed by atoms with E-state index in [1.54, 1.807) is 12.1 Å². The Kier molecular flexibility index (Phi) is 11.1. The van der Waals surface area contributed by atoms with Crippen molar-refractivity contribution in [2.75, 3.05) is 13.2 Å². The van der Waals surface area contributed by atoms with Crippen molar-refractivity contribution in [1.82, 2.24) is 10.6 Å². The molecule has 2 aromatic rings. The van der Waals surface area contributed by atoms with Crippen molar-refractivity contribution in [3.63, 3.8) is 0 Å². The molecule has 1 heterocycles. The maximum absolute atomic E-state index is 13.6. The summed E-state index contributed by atoms with van der Waals surface area (Å²) in [5.74, 6) is -0.814. The molecule has 2 unspecified atom stereocenters. The number of nitrogens with two attached hydrogens (primary N) is 1. The fourth-order valence-electron chi connectivity index (χ4n) is 5.76. The molecule has 16 heteroatoms. The molecule has 4 rings (SSSR count). The number of hydrogen-bond donors (Lipinski definition) is 7. The maximum atomic E-state index is 13.6. The number of fused-ring (bicyclic) bond motifs is 1. The Morgan fingerprint density at radius 2 is 1.67 bits per heavy atom. The summed E-state index contributed by atoms with van der Waals surface area (Å²) < 4.78 is 35.8. The molecule has 1 aliphatic heterocycles. The Bertz CT molecular complexity index is 1530. The van der Waals surface area contributed by atoms with Gasteiger partial charge in [0.05, 0.1) is 35.4 Å². The fraction of sp³-hybridized carbons (Fsp3) is 0.483. The summed E-state index contributed by atoms with van der Waals surface area (Å²) in [5, 5.41) is 3.71. The molecule has 1 aliphatic carbocycles. The van der Waals surface area contributed by atoms with Gasteiger partial charge in [-0.2, -0.15) is 0 Å². The van der Waals surface area contributed by atoms with Crippen molar-refractivity contribution >= 4 is 43.5 Å². The van der Waals surface area contributed by atoms with Crippen LogP contribution in [0.15, 0.2) is 30.3 Å². The number of rotatable bonds is 11. The maximum Gasteiger partial charge on any atom is 0.357 e. The monoisotopic (exact) mass is 667 g/mol. The number of nitrogens with one attached hydrogen (secondary N) is 2. The second kappa shape index (κ2) is 14.5. The lowest BCUT2D eigenvalue weighted by molar-refractivity contribution is -0.128. The zero-order valence-electron chi connectivity index (χ0n) is 24.8. The number of carbonyl (C=O) groups excluding carboxylic acids is 3. The summed E-state index contributed by atoms with van der Waals surface area (Å²) in [6.07, 6.45) is 6.27. The Labute approximate surface area is 260 Å². The molecule has 2 atom stereocenters. The van der Waals surface area contributed by atoms with E-state index in [1.165, 1.54) is 19.4 Å². The minimum absolute atomic E-state index is 0.139. The summed E-state index contributed by atoms with van der Waals surface area (Å²) >= 11 is 0. The van der Waals surface area contributed by atoms with Crippen LogP contribution < -0.4 is 36.5 Å². The molecule has 1 saturated carbocycles. The van der Waals surface area contributed by atoms with Gasteiger partial charge < -0.3 is 45.4 Å². The molecule has 0 bridgehead atoms. The highest BCUT2D eigenvalue weighted by atomic mass is 31.2. The Morgan fingerprint density at radius 3 is 2.29 bits per heavy atom. The zero-order valence-corrected chi connectivity index (χ0v) is 26.6. The molecular weight excluding hydrogens is 628 g/mol. The Balaban J connectivity index is 1.60. The van der Waals surface area contributed by atoms with Gasteiger partial charge in [0.25, 0.3) is 5.91 Å². The van der Waals surface area contributed by atoms with Gasteiger partial charge in [-0.3, -0.25) is 23.5 Å². The number of primary amides is 1. The number of carbonyl (C=O) groups is 3. The van der Waals surface area contributed by atoms with Gasteiger partial charge >= 0.3 is 15.2 Å². The first-order valence-corrected chi connectivity index (χ1v) is 17.9. The molecule has 2 aliphatic rings. The quantitative estimate of drug-likeness (QED) is 0.169. The second-order valence-electron chi connectivity index (χ2n) is 11.5. The van der Waals surface area contributed by atoms with E-state index >= 15 is 0 Å². The third kappa shape index (κ3) is 9.16. The van der Waals surface area contributed by atoms with Crippen LogP contribution in [-0.4, -0.2) is 56.6 Å². The van der Waals surface area contributed by atoms with Crippen LogP contribution in [0.5, 0.6) is 11.5 Å². The van der Waals surface area contributed by atoms with E-state index in [-0.39, 0.29) is 17.5 Å². The molecular formula is C29H39N3O11P2. The van der Waals surface area contributed by atoms with Gasteiger partial charge in [-0.05, 0) is 55.4 Å². The van der Waals surface area contributed by atoms with E-state index in [2.05, 4.69) is 10.6 Å². The van der Waals surface area contributed by atoms with Crippen LogP contribution in [-0.2, 0) is 25.1 Å². The standard InChI is InChI=1S/C29H39N3O11P2/c1-17(33)31-23(12-19-9-10-26(44(36,37)38)27(13-19)45(39,40)41)29(35)32-22-8-5-11-42-24-15-25(21(28(30)34)14-20(22)24)43-16-18-6-3-2-4-7-18/h9-10,13-15,18,22-23H,2-8,11-12,16H2,1H3,(H2,30,34)(H,31,33)(H,32,35)(H2,36,37,38)(H2,39,40,41). The predicted octanol–water partition coefficient (Wildman–Crippen LogP) is 1.43. The summed E-state index contributed by atoms with van der Waals surface area (Å²) in [6, 6.07) is 4.31.